The number of terminal acetylenes is 1. The van der Waals surface area contributed by atoms with Crippen molar-refractivity contribution in [1.82, 2.24) is 0 Å². The van der Waals surface area contributed by atoms with Gasteiger partial charge in [-0.25, -0.2) is 0 Å². The molecule has 1 aromatic rings. The molecule has 0 aliphatic rings. The summed E-state index contributed by atoms with van der Waals surface area (Å²) in [5.74, 6) is 2.49. The second-order valence-electron chi connectivity index (χ2n) is 2.82. The molecule has 0 bridgehead atoms. The van der Waals surface area contributed by atoms with E-state index in [1.807, 2.05) is 0 Å². The minimum atomic E-state index is -4.08. The first-order valence-electron chi connectivity index (χ1n) is 4.04. The molecule has 0 aliphatic heterocycles. The quantitative estimate of drug-likeness (QED) is 0.607. The highest BCUT2D eigenvalue weighted by molar-refractivity contribution is 7.85. The fourth-order valence-electron chi connectivity index (χ4n) is 1.04. The van der Waals surface area contributed by atoms with Crippen LogP contribution < -0.4 is 0 Å². The summed E-state index contributed by atoms with van der Waals surface area (Å²) < 4.78 is 30.1. The standard InChI is InChI=1S/C10H10O3S/c1-2-3-4-9-5-7-10(8-6-9)14(11,12)13/h1,5-8H,3-4H2,(H,11,12,13). The number of rotatable bonds is 3. The monoisotopic (exact) mass is 210 g/mol. The summed E-state index contributed by atoms with van der Waals surface area (Å²) in [5, 5.41) is 0. The second kappa shape index (κ2) is 4.27. The highest BCUT2D eigenvalue weighted by Crippen LogP contribution is 2.10. The number of hydrogen-bond acceptors (Lipinski definition) is 2. The Hall–Kier alpha value is -1.31. The maximum Gasteiger partial charge on any atom is 0.294 e. The Labute approximate surface area is 83.5 Å². The molecule has 1 rings (SSSR count). The molecule has 0 unspecified atom stereocenters. The molecule has 0 heterocycles. The van der Waals surface area contributed by atoms with Crippen LogP contribution in [0.2, 0.25) is 0 Å². The van der Waals surface area contributed by atoms with Crippen molar-refractivity contribution in [2.45, 2.75) is 17.7 Å². The summed E-state index contributed by atoms with van der Waals surface area (Å²) in [6.07, 6.45) is 6.42. The smallest absolute Gasteiger partial charge is 0.282 e. The average Bonchev–Trinajstić information content (AvgIpc) is 2.14. The van der Waals surface area contributed by atoms with E-state index < -0.39 is 10.1 Å². The number of benzene rings is 1. The number of hydrogen-bond donors (Lipinski definition) is 1. The van der Waals surface area contributed by atoms with Gasteiger partial charge in [0, 0.05) is 6.42 Å². The lowest BCUT2D eigenvalue weighted by Gasteiger charge is -1.99. The van der Waals surface area contributed by atoms with Gasteiger partial charge < -0.3 is 0 Å². The van der Waals surface area contributed by atoms with E-state index in [1.54, 1.807) is 12.1 Å². The summed E-state index contributed by atoms with van der Waals surface area (Å²) in [6.45, 7) is 0. The molecule has 14 heavy (non-hydrogen) atoms. The van der Waals surface area contributed by atoms with E-state index in [4.69, 9.17) is 11.0 Å². The molecule has 0 aliphatic carbocycles. The predicted octanol–water partition coefficient (Wildman–Crippen LogP) is 1.50. The van der Waals surface area contributed by atoms with Crippen LogP contribution in [0.5, 0.6) is 0 Å². The highest BCUT2D eigenvalue weighted by Gasteiger charge is 2.07. The van der Waals surface area contributed by atoms with Gasteiger partial charge in [-0.15, -0.1) is 12.3 Å². The molecule has 0 radical (unpaired) electrons. The van der Waals surface area contributed by atoms with E-state index in [1.165, 1.54) is 12.1 Å². The van der Waals surface area contributed by atoms with Crippen molar-refractivity contribution in [3.8, 4) is 12.3 Å². The van der Waals surface area contributed by atoms with E-state index in [0.717, 1.165) is 5.56 Å². The molecule has 0 saturated carbocycles. The van der Waals surface area contributed by atoms with Gasteiger partial charge in [-0.3, -0.25) is 4.55 Å². The van der Waals surface area contributed by atoms with Crippen LogP contribution in [0.15, 0.2) is 29.2 Å². The SMILES string of the molecule is C#CCCc1ccc(S(=O)(=O)O)cc1. The zero-order valence-corrected chi connectivity index (χ0v) is 8.29. The van der Waals surface area contributed by atoms with Gasteiger partial charge in [-0.05, 0) is 24.1 Å². The van der Waals surface area contributed by atoms with Gasteiger partial charge >= 0.3 is 0 Å². The first-order valence-corrected chi connectivity index (χ1v) is 5.48. The largest absolute Gasteiger partial charge is 0.294 e. The fourth-order valence-corrected chi connectivity index (χ4v) is 1.52. The van der Waals surface area contributed by atoms with Crippen molar-refractivity contribution in [1.29, 1.82) is 0 Å². The third-order valence-electron chi connectivity index (χ3n) is 1.78. The molecule has 0 aromatic heterocycles. The Morgan fingerprint density at radius 2 is 1.86 bits per heavy atom. The van der Waals surface area contributed by atoms with Crippen molar-refractivity contribution >= 4 is 10.1 Å². The maximum atomic E-state index is 10.7. The van der Waals surface area contributed by atoms with Gasteiger partial charge in [0.05, 0.1) is 4.90 Å². The van der Waals surface area contributed by atoms with Crippen LogP contribution >= 0.6 is 0 Å². The maximum absolute atomic E-state index is 10.7. The summed E-state index contributed by atoms with van der Waals surface area (Å²) in [5.41, 5.74) is 0.954. The lowest BCUT2D eigenvalue weighted by atomic mass is 10.1. The van der Waals surface area contributed by atoms with Crippen LogP contribution in [-0.2, 0) is 16.5 Å². The Morgan fingerprint density at radius 3 is 2.29 bits per heavy atom. The van der Waals surface area contributed by atoms with E-state index in [-0.39, 0.29) is 4.90 Å². The van der Waals surface area contributed by atoms with Gasteiger partial charge in [-0.1, -0.05) is 12.1 Å². The van der Waals surface area contributed by atoms with Crippen molar-refractivity contribution < 1.29 is 13.0 Å². The van der Waals surface area contributed by atoms with E-state index in [9.17, 15) is 8.42 Å². The van der Waals surface area contributed by atoms with Crippen molar-refractivity contribution in [2.75, 3.05) is 0 Å². The molecule has 0 amide bonds. The average molecular weight is 210 g/mol. The highest BCUT2D eigenvalue weighted by atomic mass is 32.2. The first kappa shape index (κ1) is 10.8. The molecule has 1 N–H and O–H groups in total. The summed E-state index contributed by atoms with van der Waals surface area (Å²) in [6, 6.07) is 6.00. The van der Waals surface area contributed by atoms with Gasteiger partial charge in [0.1, 0.15) is 0 Å². The molecule has 4 heteroatoms. The van der Waals surface area contributed by atoms with Gasteiger partial charge in [0.2, 0.25) is 0 Å². The van der Waals surface area contributed by atoms with Gasteiger partial charge in [0.15, 0.2) is 0 Å². The van der Waals surface area contributed by atoms with Crippen LogP contribution in [0.4, 0.5) is 0 Å². The fraction of sp³-hybridized carbons (Fsp3) is 0.200. The van der Waals surface area contributed by atoms with Gasteiger partial charge in [0.25, 0.3) is 10.1 Å². The van der Waals surface area contributed by atoms with Crippen LogP contribution in [-0.4, -0.2) is 13.0 Å². The van der Waals surface area contributed by atoms with E-state index in [2.05, 4.69) is 5.92 Å². The predicted molar refractivity (Wildman–Crippen MR) is 53.4 cm³/mol. The molecule has 0 spiro atoms. The molecular weight excluding hydrogens is 200 g/mol. The van der Waals surface area contributed by atoms with E-state index >= 15 is 0 Å². The van der Waals surface area contributed by atoms with Crippen LogP contribution in [0, 0.1) is 12.3 Å². The molecule has 0 fully saturated rings. The Morgan fingerprint density at radius 1 is 1.29 bits per heavy atom. The summed E-state index contributed by atoms with van der Waals surface area (Å²) in [4.78, 5) is -0.0954. The molecule has 0 atom stereocenters. The van der Waals surface area contributed by atoms with Crippen LogP contribution in [0.3, 0.4) is 0 Å². The minimum Gasteiger partial charge on any atom is -0.282 e. The zero-order chi connectivity index (χ0) is 10.6. The zero-order valence-electron chi connectivity index (χ0n) is 7.47. The lowest BCUT2D eigenvalue weighted by molar-refractivity contribution is 0.483. The van der Waals surface area contributed by atoms with Gasteiger partial charge in [-0.2, -0.15) is 8.42 Å². The topological polar surface area (TPSA) is 54.4 Å². The lowest BCUT2D eigenvalue weighted by Crippen LogP contribution is -1.97. The summed E-state index contributed by atoms with van der Waals surface area (Å²) in [7, 11) is -4.08. The van der Waals surface area contributed by atoms with Crippen molar-refractivity contribution in [3.63, 3.8) is 0 Å². The van der Waals surface area contributed by atoms with Crippen LogP contribution in [0.25, 0.3) is 0 Å². The minimum absolute atomic E-state index is 0.0954. The second-order valence-corrected chi connectivity index (χ2v) is 4.24. The number of aryl methyl sites for hydroxylation is 1. The first-order chi connectivity index (χ1) is 6.54. The van der Waals surface area contributed by atoms with Crippen LogP contribution in [0.1, 0.15) is 12.0 Å². The van der Waals surface area contributed by atoms with E-state index in [0.29, 0.717) is 12.8 Å². The Bertz CT molecular complexity index is 437. The van der Waals surface area contributed by atoms with Crippen molar-refractivity contribution in [3.05, 3.63) is 29.8 Å². The normalized spacial score (nSPS) is 10.9. The Kier molecular flexibility index (Phi) is 3.28. The molecule has 74 valence electrons. The molecule has 1 aromatic carbocycles. The molecule has 0 saturated heterocycles. The Balaban J connectivity index is 2.86. The molecule has 3 nitrogen and oxygen atoms in total. The summed E-state index contributed by atoms with van der Waals surface area (Å²) >= 11 is 0. The van der Waals surface area contributed by atoms with Crippen molar-refractivity contribution in [2.24, 2.45) is 0 Å². The molecular formula is C10H10O3S. The third-order valence-corrected chi connectivity index (χ3v) is 2.65. The third kappa shape index (κ3) is 2.87.